The largest absolute Gasteiger partial charge is 1.00 e. The second-order valence-electron chi connectivity index (χ2n) is 5.54. The predicted molar refractivity (Wildman–Crippen MR) is 91.6 cm³/mol. The van der Waals surface area contributed by atoms with E-state index in [0.29, 0.717) is 0 Å². The van der Waals surface area contributed by atoms with Gasteiger partial charge in [0.05, 0.1) is 0 Å². The van der Waals surface area contributed by atoms with Crippen LogP contribution >= 0.6 is 0 Å². The van der Waals surface area contributed by atoms with E-state index in [4.69, 9.17) is 17.5 Å². The van der Waals surface area contributed by atoms with Crippen LogP contribution in [-0.2, 0) is 23.2 Å². The van der Waals surface area contributed by atoms with Crippen LogP contribution < -0.4 is 37.7 Å². The van der Waals surface area contributed by atoms with E-state index in [1.165, 1.54) is 49.3 Å². The minimum Gasteiger partial charge on any atom is -0.759 e. The Morgan fingerprint density at radius 3 is 1.92 bits per heavy atom. The van der Waals surface area contributed by atoms with Crippen molar-refractivity contribution in [3.05, 3.63) is 47.5 Å². The zero-order valence-electron chi connectivity index (χ0n) is 15.7. The van der Waals surface area contributed by atoms with Crippen LogP contribution in [0.25, 0.3) is 10.8 Å². The van der Waals surface area contributed by atoms with Crippen molar-refractivity contribution >= 4 is 21.2 Å². The van der Waals surface area contributed by atoms with Gasteiger partial charge < -0.3 is 9.11 Å². The summed E-state index contributed by atoms with van der Waals surface area (Å²) in [4.78, 5) is 0. The summed E-state index contributed by atoms with van der Waals surface area (Å²) < 4.78 is 34.1. The molecule has 0 fully saturated rings. The van der Waals surface area contributed by atoms with Gasteiger partial charge in [-0.15, -0.1) is 0 Å². The molecule has 0 bridgehead atoms. The van der Waals surface area contributed by atoms with Crippen molar-refractivity contribution in [1.82, 2.24) is 0 Å². The predicted octanol–water partition coefficient (Wildman–Crippen LogP) is -1.80. The summed E-state index contributed by atoms with van der Waals surface area (Å²) in [6.07, 6.45) is 7.62. The Labute approximate surface area is 175 Å². The summed E-state index contributed by atoms with van der Waals surface area (Å²) in [6.45, 7) is 4.55. The zero-order valence-corrected chi connectivity index (χ0v) is 16.6. The van der Waals surface area contributed by atoms with Gasteiger partial charge in [0.1, 0.15) is 0 Å². The van der Waals surface area contributed by atoms with E-state index in [-0.39, 0.29) is 37.7 Å². The van der Waals surface area contributed by atoms with Gasteiger partial charge in [0.25, 0.3) is 0 Å². The first-order valence-corrected chi connectivity index (χ1v) is 9.36. The Hall–Kier alpha value is -0.235. The Kier molecular flexibility index (Phi) is 15.0. The van der Waals surface area contributed by atoms with E-state index >= 15 is 0 Å². The van der Waals surface area contributed by atoms with Gasteiger partial charge in [-0.3, -0.25) is 8.42 Å². The molecule has 0 saturated carbocycles. The first-order chi connectivity index (χ1) is 10.9. The average molecular weight is 350 g/mol. The molecule has 0 aliphatic rings. The molecule has 4 nitrogen and oxygen atoms in total. The molecule has 0 aliphatic heterocycles. The first-order valence-electron chi connectivity index (χ1n) is 8.03. The maximum atomic E-state index is 8.52. The van der Waals surface area contributed by atoms with Crippen molar-refractivity contribution in [2.24, 2.45) is 0 Å². The molecule has 0 spiro atoms. The third-order valence-electron chi connectivity index (χ3n) is 3.72. The molecule has 128 valence electrons. The molecule has 0 unspecified atom stereocenters. The summed E-state index contributed by atoms with van der Waals surface area (Å²) in [6, 6.07) is 13.5. The van der Waals surface area contributed by atoms with Crippen molar-refractivity contribution in [3.63, 3.8) is 0 Å². The van der Waals surface area contributed by atoms with Crippen molar-refractivity contribution in [1.29, 1.82) is 0 Å². The molecule has 25 heavy (non-hydrogen) atoms. The third kappa shape index (κ3) is 11.2. The number of hydrogen-bond acceptors (Lipinski definition) is 4. The van der Waals surface area contributed by atoms with Crippen LogP contribution in [0.5, 0.6) is 0 Å². The maximum Gasteiger partial charge on any atom is 1.00 e. The van der Waals surface area contributed by atoms with Crippen molar-refractivity contribution < 1.29 is 55.2 Å². The fraction of sp³-hybridized carbons (Fsp3) is 0.444. The van der Waals surface area contributed by atoms with Gasteiger partial charge in [0, 0.05) is 10.4 Å². The maximum absolute atomic E-state index is 8.52. The monoisotopic (exact) mass is 350 g/mol. The van der Waals surface area contributed by atoms with Gasteiger partial charge in [-0.2, -0.15) is 0 Å². The van der Waals surface area contributed by atoms with E-state index in [1.807, 2.05) is 0 Å². The van der Waals surface area contributed by atoms with Crippen LogP contribution in [0, 0.1) is 0 Å². The Balaban J connectivity index is 0. The number of hydrogen-bond donors (Lipinski definition) is 0. The summed E-state index contributed by atoms with van der Waals surface area (Å²) in [7, 11) is -5.17. The molecular weight excluding hydrogens is 326 g/mol. The second-order valence-corrected chi connectivity index (χ2v) is 6.36. The minimum absolute atomic E-state index is 0. The molecule has 2 aromatic rings. The Morgan fingerprint density at radius 2 is 1.36 bits per heavy atom. The molecule has 0 N–H and O–H groups in total. The third-order valence-corrected chi connectivity index (χ3v) is 3.72. The molecule has 0 heterocycles. The molecule has 0 saturated heterocycles. The molecular formula is C18H24Li2O4S. The van der Waals surface area contributed by atoms with E-state index in [1.54, 1.807) is 11.1 Å². The van der Waals surface area contributed by atoms with Gasteiger partial charge >= 0.3 is 37.7 Å². The molecule has 2 aromatic carbocycles. The zero-order chi connectivity index (χ0) is 17.3. The van der Waals surface area contributed by atoms with E-state index < -0.39 is 10.4 Å². The minimum atomic E-state index is -5.17. The Morgan fingerprint density at radius 1 is 0.840 bits per heavy atom. The quantitative estimate of drug-likeness (QED) is 0.350. The molecule has 0 aromatic heterocycles. The van der Waals surface area contributed by atoms with E-state index in [9.17, 15) is 0 Å². The van der Waals surface area contributed by atoms with Gasteiger partial charge in [0.2, 0.25) is 0 Å². The summed E-state index contributed by atoms with van der Waals surface area (Å²) in [5, 5.41) is 2.86. The molecule has 0 atom stereocenters. The molecule has 0 aliphatic carbocycles. The van der Waals surface area contributed by atoms with E-state index in [0.717, 1.165) is 0 Å². The van der Waals surface area contributed by atoms with Crippen molar-refractivity contribution in [3.8, 4) is 0 Å². The van der Waals surface area contributed by atoms with Gasteiger partial charge in [-0.25, -0.2) is 0 Å². The number of unbranched alkanes of at least 4 members (excludes halogenated alkanes) is 2. The second kappa shape index (κ2) is 13.9. The fourth-order valence-electron chi connectivity index (χ4n) is 2.63. The van der Waals surface area contributed by atoms with Crippen LogP contribution in [0.1, 0.15) is 50.7 Å². The van der Waals surface area contributed by atoms with Crippen LogP contribution in [0.15, 0.2) is 36.4 Å². The molecule has 2 rings (SSSR count). The number of rotatable bonds is 6. The van der Waals surface area contributed by atoms with Crippen molar-refractivity contribution in [2.45, 2.75) is 52.4 Å². The summed E-state index contributed by atoms with van der Waals surface area (Å²) in [5.74, 6) is 0. The van der Waals surface area contributed by atoms with Crippen LogP contribution in [-0.4, -0.2) is 17.5 Å². The summed E-state index contributed by atoms with van der Waals surface area (Å²) in [5.41, 5.74) is 3.17. The SMILES string of the molecule is CCCCc1ccc2ccccc2c1CCCC.O=S(=O)([O-])[O-].[Li+].[Li+]. The average Bonchev–Trinajstić information content (AvgIpc) is 2.49. The smallest absolute Gasteiger partial charge is 0.759 e. The molecule has 7 heteroatoms. The van der Waals surface area contributed by atoms with Gasteiger partial charge in [-0.05, 0) is 47.6 Å². The van der Waals surface area contributed by atoms with Gasteiger partial charge in [-0.1, -0.05) is 63.1 Å². The van der Waals surface area contributed by atoms with Gasteiger partial charge in [0.15, 0.2) is 0 Å². The summed E-state index contributed by atoms with van der Waals surface area (Å²) >= 11 is 0. The van der Waals surface area contributed by atoms with Crippen LogP contribution in [0.4, 0.5) is 0 Å². The number of fused-ring (bicyclic) bond motifs is 1. The molecule has 0 amide bonds. The fourth-order valence-corrected chi connectivity index (χ4v) is 2.63. The number of benzene rings is 2. The topological polar surface area (TPSA) is 80.3 Å². The van der Waals surface area contributed by atoms with Crippen molar-refractivity contribution in [2.75, 3.05) is 0 Å². The number of aryl methyl sites for hydroxylation is 2. The molecule has 0 radical (unpaired) electrons. The Bertz CT molecular complexity index is 710. The standard InChI is InChI=1S/C18H24.2Li.H2O4S/c1-3-5-9-15-13-14-16-10-7-8-12-18(16)17(15)11-6-4-2;;;1-5(2,3)4/h7-8,10,12-14H,3-6,9,11H2,1-2H3;;;(H2,1,2,3,4)/q;2*+1;/p-2. The van der Waals surface area contributed by atoms with Crippen LogP contribution in [0.3, 0.4) is 0 Å². The van der Waals surface area contributed by atoms with Crippen LogP contribution in [0.2, 0.25) is 0 Å². The normalized spacial score (nSPS) is 10.2. The van der Waals surface area contributed by atoms with E-state index in [2.05, 4.69) is 50.2 Å². The first kappa shape index (κ1) is 27.0.